The number of aromatic nitrogens is 1. The van der Waals surface area contributed by atoms with E-state index in [0.717, 1.165) is 21.5 Å². The monoisotopic (exact) mass is 323 g/mol. The van der Waals surface area contributed by atoms with Gasteiger partial charge in [-0.2, -0.15) is 0 Å². The number of benzene rings is 1. The Morgan fingerprint density at radius 1 is 1.23 bits per heavy atom. The second kappa shape index (κ2) is 6.23. The number of nitrogens with zero attached hydrogens (tertiary/aromatic N) is 1. The molecule has 22 heavy (non-hydrogen) atoms. The van der Waals surface area contributed by atoms with Crippen LogP contribution in [0.1, 0.15) is 21.6 Å². The Balaban J connectivity index is 2.06. The van der Waals surface area contributed by atoms with Gasteiger partial charge in [0, 0.05) is 11.9 Å². The van der Waals surface area contributed by atoms with Crippen molar-refractivity contribution in [2.45, 2.75) is 13.5 Å². The van der Waals surface area contributed by atoms with Gasteiger partial charge in [0.25, 0.3) is 0 Å². The van der Waals surface area contributed by atoms with Gasteiger partial charge in [-0.1, -0.05) is 12.1 Å². The van der Waals surface area contributed by atoms with E-state index in [1.807, 2.05) is 0 Å². The van der Waals surface area contributed by atoms with Crippen LogP contribution in [0.3, 0.4) is 0 Å². The molecule has 0 atom stereocenters. The molecule has 1 heterocycles. The molecule has 0 amide bonds. The number of methoxy groups -OCH3 is 1. The second-order valence-electron chi connectivity index (χ2n) is 4.85. The van der Waals surface area contributed by atoms with Crippen LogP contribution < -0.4 is 4.74 Å². The molecule has 0 saturated heterocycles. The Labute approximate surface area is 129 Å². The summed E-state index contributed by atoms with van der Waals surface area (Å²) in [4.78, 5) is 12.0. The molecular formula is C15H17NO5S. The van der Waals surface area contributed by atoms with E-state index in [-0.39, 0.29) is 12.2 Å². The highest BCUT2D eigenvalue weighted by molar-refractivity contribution is 7.89. The van der Waals surface area contributed by atoms with E-state index >= 15 is 0 Å². The topological polar surface area (TPSA) is 74.6 Å². The maximum Gasteiger partial charge on any atom is 0.340 e. The van der Waals surface area contributed by atoms with Gasteiger partial charge in [-0.3, -0.25) is 0 Å². The Hall–Kier alpha value is -2.28. The van der Waals surface area contributed by atoms with Crippen molar-refractivity contribution in [1.29, 1.82) is 0 Å². The van der Waals surface area contributed by atoms with E-state index in [4.69, 9.17) is 9.47 Å². The van der Waals surface area contributed by atoms with Crippen molar-refractivity contribution in [3.8, 4) is 5.75 Å². The smallest absolute Gasteiger partial charge is 0.340 e. The highest BCUT2D eigenvalue weighted by Gasteiger charge is 2.16. The molecule has 0 aliphatic carbocycles. The predicted octanol–water partition coefficient (Wildman–Crippen LogP) is 1.97. The van der Waals surface area contributed by atoms with Gasteiger partial charge in [0.15, 0.2) is 0 Å². The summed E-state index contributed by atoms with van der Waals surface area (Å²) in [6, 6.07) is 8.61. The van der Waals surface area contributed by atoms with Gasteiger partial charge in [0.05, 0.1) is 18.9 Å². The van der Waals surface area contributed by atoms with Gasteiger partial charge in [0.1, 0.15) is 12.4 Å². The van der Waals surface area contributed by atoms with Gasteiger partial charge >= 0.3 is 5.97 Å². The molecule has 0 bridgehead atoms. The lowest BCUT2D eigenvalue weighted by molar-refractivity contribution is 0.0473. The molecule has 6 nitrogen and oxygen atoms in total. The summed E-state index contributed by atoms with van der Waals surface area (Å²) in [5, 5.41) is 0. The van der Waals surface area contributed by atoms with Crippen LogP contribution >= 0.6 is 0 Å². The zero-order valence-electron chi connectivity index (χ0n) is 12.6. The summed E-state index contributed by atoms with van der Waals surface area (Å²) < 4.78 is 34.3. The third-order valence-electron chi connectivity index (χ3n) is 3.09. The molecule has 0 N–H and O–H groups in total. The first-order chi connectivity index (χ1) is 10.3. The lowest BCUT2D eigenvalue weighted by Crippen LogP contribution is -2.10. The maximum atomic E-state index is 12.0. The molecule has 2 rings (SSSR count). The van der Waals surface area contributed by atoms with Gasteiger partial charge in [-0.05, 0) is 30.7 Å². The van der Waals surface area contributed by atoms with Crippen LogP contribution in [-0.4, -0.2) is 31.7 Å². The molecule has 0 saturated carbocycles. The van der Waals surface area contributed by atoms with Crippen molar-refractivity contribution in [1.82, 2.24) is 3.97 Å². The van der Waals surface area contributed by atoms with Crippen LogP contribution in [0.4, 0.5) is 0 Å². The van der Waals surface area contributed by atoms with E-state index in [1.165, 1.54) is 12.3 Å². The molecule has 118 valence electrons. The van der Waals surface area contributed by atoms with Crippen molar-refractivity contribution in [2.75, 3.05) is 13.4 Å². The molecule has 1 aromatic carbocycles. The minimum atomic E-state index is -3.43. The molecular weight excluding hydrogens is 306 g/mol. The summed E-state index contributed by atoms with van der Waals surface area (Å²) in [6.07, 6.45) is 2.34. The Morgan fingerprint density at radius 3 is 2.36 bits per heavy atom. The van der Waals surface area contributed by atoms with Gasteiger partial charge in [0.2, 0.25) is 10.0 Å². The lowest BCUT2D eigenvalue weighted by Gasteiger charge is -2.05. The summed E-state index contributed by atoms with van der Waals surface area (Å²) in [7, 11) is -1.85. The molecule has 7 heteroatoms. The first kappa shape index (κ1) is 16.1. The fraction of sp³-hybridized carbons (Fsp3) is 0.267. The van der Waals surface area contributed by atoms with Crippen LogP contribution in [0.25, 0.3) is 0 Å². The molecule has 0 spiro atoms. The van der Waals surface area contributed by atoms with Crippen LogP contribution in [0.2, 0.25) is 0 Å². The lowest BCUT2D eigenvalue weighted by atomic mass is 10.2. The summed E-state index contributed by atoms with van der Waals surface area (Å²) >= 11 is 0. The van der Waals surface area contributed by atoms with E-state index in [1.54, 1.807) is 38.3 Å². The fourth-order valence-electron chi connectivity index (χ4n) is 1.98. The number of ether oxygens (including phenoxy) is 2. The van der Waals surface area contributed by atoms with Gasteiger partial charge in [-0.15, -0.1) is 0 Å². The van der Waals surface area contributed by atoms with Crippen LogP contribution in [0.5, 0.6) is 5.75 Å². The number of aryl methyl sites for hydroxylation is 1. The van der Waals surface area contributed by atoms with E-state index in [2.05, 4.69) is 0 Å². The average Bonchev–Trinajstić information content (AvgIpc) is 2.87. The highest BCUT2D eigenvalue weighted by atomic mass is 32.2. The van der Waals surface area contributed by atoms with Crippen molar-refractivity contribution in [3.05, 3.63) is 53.3 Å². The first-order valence-electron chi connectivity index (χ1n) is 6.51. The number of carbonyl (C=O) groups is 1. The Kier molecular flexibility index (Phi) is 4.56. The second-order valence-corrected chi connectivity index (χ2v) is 6.71. The quantitative estimate of drug-likeness (QED) is 0.787. The molecule has 0 radical (unpaired) electrons. The predicted molar refractivity (Wildman–Crippen MR) is 81.5 cm³/mol. The molecule has 0 unspecified atom stereocenters. The van der Waals surface area contributed by atoms with Crippen LogP contribution in [0.15, 0.2) is 36.5 Å². The van der Waals surface area contributed by atoms with Gasteiger partial charge in [-0.25, -0.2) is 17.2 Å². The standard InChI is InChI=1S/C15H17NO5S/c1-11-8-13(9-16(11)22(3,18)19)15(17)21-10-12-4-6-14(20-2)7-5-12/h4-9H,10H2,1-3H3. The number of hydrogen-bond donors (Lipinski definition) is 0. The van der Waals surface area contributed by atoms with E-state index < -0.39 is 16.0 Å². The summed E-state index contributed by atoms with van der Waals surface area (Å²) in [6.45, 7) is 1.72. The normalized spacial score (nSPS) is 11.2. The summed E-state index contributed by atoms with van der Waals surface area (Å²) in [5.41, 5.74) is 1.48. The SMILES string of the molecule is COc1ccc(COC(=O)c2cc(C)n(S(C)(=O)=O)c2)cc1. The number of rotatable bonds is 5. The largest absolute Gasteiger partial charge is 0.497 e. The third kappa shape index (κ3) is 3.67. The maximum absolute atomic E-state index is 12.0. The van der Waals surface area contributed by atoms with E-state index in [0.29, 0.717) is 5.69 Å². The molecule has 0 aliphatic heterocycles. The van der Waals surface area contributed by atoms with Crippen LogP contribution in [0, 0.1) is 6.92 Å². The van der Waals surface area contributed by atoms with Crippen molar-refractivity contribution < 1.29 is 22.7 Å². The first-order valence-corrected chi connectivity index (χ1v) is 8.35. The zero-order chi connectivity index (χ0) is 16.3. The number of carbonyl (C=O) groups excluding carboxylic acids is 1. The third-order valence-corrected chi connectivity index (χ3v) is 4.20. The molecule has 2 aromatic rings. The molecule has 0 fully saturated rings. The van der Waals surface area contributed by atoms with Crippen molar-refractivity contribution >= 4 is 16.0 Å². The van der Waals surface area contributed by atoms with E-state index in [9.17, 15) is 13.2 Å². The van der Waals surface area contributed by atoms with Crippen molar-refractivity contribution in [3.63, 3.8) is 0 Å². The minimum Gasteiger partial charge on any atom is -0.497 e. The Morgan fingerprint density at radius 2 is 1.86 bits per heavy atom. The fourth-order valence-corrected chi connectivity index (χ4v) is 2.86. The zero-order valence-corrected chi connectivity index (χ0v) is 13.4. The Bertz CT molecular complexity index is 775. The number of esters is 1. The molecule has 1 aromatic heterocycles. The van der Waals surface area contributed by atoms with Gasteiger partial charge < -0.3 is 9.47 Å². The number of hydrogen-bond acceptors (Lipinski definition) is 5. The molecule has 0 aliphatic rings. The van der Waals surface area contributed by atoms with Crippen LogP contribution in [-0.2, 0) is 21.4 Å². The highest BCUT2D eigenvalue weighted by Crippen LogP contribution is 2.15. The minimum absolute atomic E-state index is 0.103. The average molecular weight is 323 g/mol. The summed E-state index contributed by atoms with van der Waals surface area (Å²) in [5.74, 6) is 0.150. The van der Waals surface area contributed by atoms with Crippen molar-refractivity contribution in [2.24, 2.45) is 0 Å².